The van der Waals surface area contributed by atoms with Crippen molar-refractivity contribution in [2.75, 3.05) is 29.5 Å². The van der Waals surface area contributed by atoms with Gasteiger partial charge in [0.25, 0.3) is 0 Å². The largest absolute Gasteiger partial charge is 0.497 e. The molecule has 7 heteroatoms. The van der Waals surface area contributed by atoms with Crippen molar-refractivity contribution in [3.8, 4) is 5.75 Å². The average Bonchev–Trinajstić information content (AvgIpc) is 2.56. The van der Waals surface area contributed by atoms with Gasteiger partial charge in [0, 0.05) is 5.69 Å². The smallest absolute Gasteiger partial charge is 0.245 e. The Bertz CT molecular complexity index is 861. The third-order valence-corrected chi connectivity index (χ3v) is 5.07. The number of sulfonamides is 1. The number of rotatable bonds is 6. The average molecular weight is 362 g/mol. The lowest BCUT2D eigenvalue weighted by molar-refractivity contribution is -0.114. The van der Waals surface area contributed by atoms with Crippen molar-refractivity contribution in [2.24, 2.45) is 0 Å². The molecule has 2 rings (SSSR count). The van der Waals surface area contributed by atoms with Gasteiger partial charge in [-0.3, -0.25) is 9.10 Å². The zero-order valence-electron chi connectivity index (χ0n) is 14.7. The number of aryl methyl sites for hydroxylation is 1. The van der Waals surface area contributed by atoms with Crippen LogP contribution in [-0.2, 0) is 14.8 Å². The number of anilines is 2. The van der Waals surface area contributed by atoms with Crippen LogP contribution < -0.4 is 14.4 Å². The Morgan fingerprint density at radius 3 is 2.32 bits per heavy atom. The summed E-state index contributed by atoms with van der Waals surface area (Å²) in [5, 5.41) is 2.78. The first-order chi connectivity index (χ1) is 11.7. The Hall–Kier alpha value is -2.54. The van der Waals surface area contributed by atoms with Crippen molar-refractivity contribution in [3.63, 3.8) is 0 Å². The Labute approximate surface area is 148 Å². The highest BCUT2D eigenvalue weighted by Gasteiger charge is 2.21. The van der Waals surface area contributed by atoms with Crippen molar-refractivity contribution in [3.05, 3.63) is 53.6 Å². The van der Waals surface area contributed by atoms with E-state index in [1.54, 1.807) is 30.3 Å². The minimum atomic E-state index is -3.61. The van der Waals surface area contributed by atoms with Crippen LogP contribution in [0.2, 0.25) is 0 Å². The van der Waals surface area contributed by atoms with E-state index in [1.165, 1.54) is 7.11 Å². The molecule has 2 aromatic rings. The predicted octanol–water partition coefficient (Wildman–Crippen LogP) is 2.72. The van der Waals surface area contributed by atoms with Gasteiger partial charge in [0.1, 0.15) is 12.3 Å². The van der Waals surface area contributed by atoms with E-state index in [1.807, 2.05) is 26.0 Å². The maximum atomic E-state index is 12.4. The molecule has 0 aromatic heterocycles. The topological polar surface area (TPSA) is 75.7 Å². The van der Waals surface area contributed by atoms with E-state index >= 15 is 0 Å². The summed E-state index contributed by atoms with van der Waals surface area (Å²) in [5.74, 6) is 0.201. The number of carbonyl (C=O) groups is 1. The number of nitrogens with zero attached hydrogens (tertiary/aromatic N) is 1. The Balaban J connectivity index is 2.22. The van der Waals surface area contributed by atoms with Crippen LogP contribution >= 0.6 is 0 Å². The summed E-state index contributed by atoms with van der Waals surface area (Å²) in [5.41, 5.74) is 3.08. The minimum absolute atomic E-state index is 0.307. The first kappa shape index (κ1) is 18.8. The second-order valence-corrected chi connectivity index (χ2v) is 7.67. The van der Waals surface area contributed by atoms with Gasteiger partial charge in [-0.2, -0.15) is 0 Å². The number of hydrogen-bond acceptors (Lipinski definition) is 4. The van der Waals surface area contributed by atoms with Gasteiger partial charge in [0.05, 0.1) is 19.1 Å². The molecule has 1 N–H and O–H groups in total. The first-order valence-corrected chi connectivity index (χ1v) is 9.55. The van der Waals surface area contributed by atoms with Crippen molar-refractivity contribution < 1.29 is 17.9 Å². The van der Waals surface area contributed by atoms with Gasteiger partial charge in [-0.05, 0) is 55.3 Å². The van der Waals surface area contributed by atoms with Gasteiger partial charge >= 0.3 is 0 Å². The number of amides is 1. The van der Waals surface area contributed by atoms with Gasteiger partial charge < -0.3 is 10.1 Å². The lowest BCUT2D eigenvalue weighted by Gasteiger charge is -2.22. The molecule has 0 bridgehead atoms. The summed E-state index contributed by atoms with van der Waals surface area (Å²) >= 11 is 0. The van der Waals surface area contributed by atoms with Crippen LogP contribution in [0.3, 0.4) is 0 Å². The molecule has 0 radical (unpaired) electrons. The number of methoxy groups -OCH3 is 1. The van der Waals surface area contributed by atoms with Gasteiger partial charge in [0.15, 0.2) is 0 Å². The van der Waals surface area contributed by atoms with Crippen LogP contribution in [0.15, 0.2) is 42.5 Å². The highest BCUT2D eigenvalue weighted by atomic mass is 32.2. The van der Waals surface area contributed by atoms with Gasteiger partial charge in [-0.1, -0.05) is 12.1 Å². The van der Waals surface area contributed by atoms with Gasteiger partial charge in [-0.25, -0.2) is 8.42 Å². The summed E-state index contributed by atoms with van der Waals surface area (Å²) in [6.07, 6.45) is 1.07. The van der Waals surface area contributed by atoms with Gasteiger partial charge in [-0.15, -0.1) is 0 Å². The molecule has 6 nitrogen and oxygen atoms in total. The summed E-state index contributed by atoms with van der Waals surface area (Å²) in [6, 6.07) is 12.1. The lowest BCUT2D eigenvalue weighted by atomic mass is 10.1. The van der Waals surface area contributed by atoms with E-state index < -0.39 is 15.9 Å². The van der Waals surface area contributed by atoms with Crippen molar-refractivity contribution in [2.45, 2.75) is 13.8 Å². The van der Waals surface area contributed by atoms with E-state index in [4.69, 9.17) is 4.74 Å². The maximum Gasteiger partial charge on any atom is 0.245 e. The molecule has 0 fully saturated rings. The Kier molecular flexibility index (Phi) is 5.69. The summed E-state index contributed by atoms with van der Waals surface area (Å²) in [4.78, 5) is 12.4. The van der Waals surface area contributed by atoms with Crippen LogP contribution in [0.4, 0.5) is 11.4 Å². The molecule has 1 amide bonds. The molecule has 0 saturated heterocycles. The molecule has 0 spiro atoms. The van der Waals surface area contributed by atoms with Crippen LogP contribution in [0, 0.1) is 13.8 Å². The molecule has 0 aliphatic rings. The monoisotopic (exact) mass is 362 g/mol. The molecule has 0 heterocycles. The van der Waals surface area contributed by atoms with E-state index in [0.29, 0.717) is 17.1 Å². The lowest BCUT2D eigenvalue weighted by Crippen LogP contribution is -2.37. The van der Waals surface area contributed by atoms with Crippen molar-refractivity contribution in [1.29, 1.82) is 0 Å². The Morgan fingerprint density at radius 1 is 1.12 bits per heavy atom. The van der Waals surface area contributed by atoms with Crippen LogP contribution in [0.1, 0.15) is 11.1 Å². The normalized spacial score (nSPS) is 11.0. The Morgan fingerprint density at radius 2 is 1.76 bits per heavy atom. The van der Waals surface area contributed by atoms with Gasteiger partial charge in [0.2, 0.25) is 15.9 Å². The number of ether oxygens (including phenoxy) is 1. The van der Waals surface area contributed by atoms with E-state index in [-0.39, 0.29) is 6.54 Å². The maximum absolute atomic E-state index is 12.4. The van der Waals surface area contributed by atoms with E-state index in [0.717, 1.165) is 21.7 Å². The van der Waals surface area contributed by atoms with E-state index in [9.17, 15) is 13.2 Å². The standard InChI is InChI=1S/C18H22N2O4S/c1-13-6-5-7-17(14(13)2)19-18(21)12-20(25(4,22)23)15-8-10-16(24-3)11-9-15/h5-11H,12H2,1-4H3,(H,19,21). The molecular weight excluding hydrogens is 340 g/mol. The molecule has 0 unspecified atom stereocenters. The fourth-order valence-electron chi connectivity index (χ4n) is 2.36. The predicted molar refractivity (Wildman–Crippen MR) is 99.7 cm³/mol. The number of carbonyl (C=O) groups excluding carboxylic acids is 1. The van der Waals surface area contributed by atoms with Crippen LogP contribution in [0.5, 0.6) is 5.75 Å². The molecule has 0 atom stereocenters. The number of hydrogen-bond donors (Lipinski definition) is 1. The van der Waals surface area contributed by atoms with Crippen molar-refractivity contribution >= 4 is 27.3 Å². The molecule has 0 aliphatic heterocycles. The molecular formula is C18H22N2O4S. The summed E-state index contributed by atoms with van der Waals surface area (Å²) in [6.45, 7) is 3.55. The quantitative estimate of drug-likeness (QED) is 0.857. The molecule has 0 aliphatic carbocycles. The second-order valence-electron chi connectivity index (χ2n) is 5.76. The number of nitrogens with one attached hydrogen (secondary N) is 1. The summed E-state index contributed by atoms with van der Waals surface area (Å²) in [7, 11) is -2.08. The minimum Gasteiger partial charge on any atom is -0.497 e. The SMILES string of the molecule is COc1ccc(N(CC(=O)Nc2cccc(C)c2C)S(C)(=O)=O)cc1. The van der Waals surface area contributed by atoms with Crippen LogP contribution in [0.25, 0.3) is 0 Å². The third kappa shape index (κ3) is 4.73. The van der Waals surface area contributed by atoms with E-state index in [2.05, 4.69) is 5.32 Å². The highest BCUT2D eigenvalue weighted by molar-refractivity contribution is 7.92. The molecule has 0 saturated carbocycles. The molecule has 134 valence electrons. The fraction of sp³-hybridized carbons (Fsp3) is 0.278. The highest BCUT2D eigenvalue weighted by Crippen LogP contribution is 2.22. The zero-order chi connectivity index (χ0) is 18.6. The molecule has 2 aromatic carbocycles. The second kappa shape index (κ2) is 7.57. The third-order valence-electron chi connectivity index (χ3n) is 3.93. The fourth-order valence-corrected chi connectivity index (χ4v) is 3.21. The number of benzene rings is 2. The molecule has 25 heavy (non-hydrogen) atoms. The van der Waals surface area contributed by atoms with Crippen molar-refractivity contribution in [1.82, 2.24) is 0 Å². The zero-order valence-corrected chi connectivity index (χ0v) is 15.6. The first-order valence-electron chi connectivity index (χ1n) is 7.70. The summed E-state index contributed by atoms with van der Waals surface area (Å²) < 4.78 is 30.4. The van der Waals surface area contributed by atoms with Crippen LogP contribution in [-0.4, -0.2) is 34.2 Å².